The maximum atomic E-state index is 12.6. The monoisotopic (exact) mass is 209 g/mol. The maximum absolute atomic E-state index is 12.6. The van der Waals surface area contributed by atoms with Crippen LogP contribution >= 0.6 is 23.2 Å². The van der Waals surface area contributed by atoms with Crippen molar-refractivity contribution in [2.75, 3.05) is 0 Å². The first-order valence-electron chi connectivity index (χ1n) is 2.81. The van der Waals surface area contributed by atoms with Crippen LogP contribution < -0.4 is 0 Å². The fraction of sp³-hybridized carbons (Fsp3) is 0. The fourth-order valence-electron chi connectivity index (χ4n) is 0.652. The molecule has 0 atom stereocenters. The SMILES string of the molecule is O=[N+]([O-])c1cc(Cl)c(F)cc1Cl. The fourth-order valence-corrected chi connectivity index (χ4v) is 1.03. The minimum atomic E-state index is -0.771. The van der Waals surface area contributed by atoms with Crippen LogP contribution in [0.2, 0.25) is 10.0 Å². The van der Waals surface area contributed by atoms with E-state index in [1.807, 2.05) is 0 Å². The lowest BCUT2D eigenvalue weighted by molar-refractivity contribution is -0.384. The summed E-state index contributed by atoms with van der Waals surface area (Å²) in [4.78, 5) is 9.50. The lowest BCUT2D eigenvalue weighted by Gasteiger charge is -1.96. The molecular weight excluding hydrogens is 208 g/mol. The summed E-state index contributed by atoms with van der Waals surface area (Å²) in [7, 11) is 0. The number of hydrogen-bond acceptors (Lipinski definition) is 2. The Kier molecular flexibility index (Phi) is 2.49. The Hall–Kier alpha value is -0.870. The smallest absolute Gasteiger partial charge is 0.258 e. The second-order valence-corrected chi connectivity index (χ2v) is 2.79. The van der Waals surface area contributed by atoms with E-state index >= 15 is 0 Å². The molecule has 0 heterocycles. The summed E-state index contributed by atoms with van der Waals surface area (Å²) in [6.07, 6.45) is 0. The number of nitro groups is 1. The zero-order valence-corrected chi connectivity index (χ0v) is 7.06. The number of rotatable bonds is 1. The molecule has 64 valence electrons. The summed E-state index contributed by atoms with van der Waals surface area (Å²) in [6.45, 7) is 0. The van der Waals surface area contributed by atoms with Gasteiger partial charge in [-0.05, 0) is 0 Å². The summed E-state index contributed by atoms with van der Waals surface area (Å²) in [5.74, 6) is -0.771. The third-order valence-electron chi connectivity index (χ3n) is 1.19. The van der Waals surface area contributed by atoms with E-state index in [-0.39, 0.29) is 10.0 Å². The third kappa shape index (κ3) is 1.65. The van der Waals surface area contributed by atoms with Crippen LogP contribution in [0.15, 0.2) is 12.1 Å². The Bertz CT molecular complexity index is 343. The molecule has 0 aromatic heterocycles. The molecule has 0 aliphatic carbocycles. The highest BCUT2D eigenvalue weighted by Crippen LogP contribution is 2.29. The van der Waals surface area contributed by atoms with Crippen LogP contribution in [0.4, 0.5) is 10.1 Å². The van der Waals surface area contributed by atoms with Crippen LogP contribution in [0.5, 0.6) is 0 Å². The first kappa shape index (κ1) is 9.22. The van der Waals surface area contributed by atoms with Gasteiger partial charge >= 0.3 is 0 Å². The second-order valence-electron chi connectivity index (χ2n) is 1.97. The largest absolute Gasteiger partial charge is 0.289 e. The average Bonchev–Trinajstić information content (AvgIpc) is 1.96. The summed E-state index contributed by atoms with van der Waals surface area (Å²) >= 11 is 10.6. The van der Waals surface area contributed by atoms with E-state index in [4.69, 9.17) is 23.2 Å². The molecule has 1 aromatic rings. The molecule has 1 rings (SSSR count). The number of nitrogens with zero attached hydrogens (tertiary/aromatic N) is 1. The minimum Gasteiger partial charge on any atom is -0.258 e. The molecule has 0 amide bonds. The van der Waals surface area contributed by atoms with E-state index in [2.05, 4.69) is 0 Å². The van der Waals surface area contributed by atoms with Gasteiger partial charge in [-0.3, -0.25) is 10.1 Å². The van der Waals surface area contributed by atoms with Crippen molar-refractivity contribution in [2.24, 2.45) is 0 Å². The molecular formula is C6H2Cl2FNO2. The van der Waals surface area contributed by atoms with Gasteiger partial charge in [0.25, 0.3) is 5.69 Å². The van der Waals surface area contributed by atoms with Crippen LogP contribution in [0.25, 0.3) is 0 Å². The van der Waals surface area contributed by atoms with Gasteiger partial charge in [0.05, 0.1) is 9.95 Å². The first-order valence-corrected chi connectivity index (χ1v) is 3.57. The van der Waals surface area contributed by atoms with Crippen molar-refractivity contribution in [2.45, 2.75) is 0 Å². The van der Waals surface area contributed by atoms with Gasteiger partial charge in [-0.1, -0.05) is 23.2 Å². The number of nitro benzene ring substituents is 1. The van der Waals surface area contributed by atoms with E-state index in [0.29, 0.717) is 0 Å². The summed E-state index contributed by atoms with van der Waals surface area (Å²) in [5, 5.41) is 9.65. The van der Waals surface area contributed by atoms with Crippen molar-refractivity contribution in [1.82, 2.24) is 0 Å². The molecule has 0 N–H and O–H groups in total. The van der Waals surface area contributed by atoms with E-state index in [0.717, 1.165) is 12.1 Å². The first-order chi connectivity index (χ1) is 5.52. The molecule has 0 aliphatic rings. The molecule has 0 aliphatic heterocycles. The Morgan fingerprint density at radius 3 is 2.42 bits per heavy atom. The molecule has 0 unspecified atom stereocenters. The Morgan fingerprint density at radius 2 is 1.92 bits per heavy atom. The van der Waals surface area contributed by atoms with E-state index < -0.39 is 16.4 Å². The molecule has 6 heteroatoms. The Morgan fingerprint density at radius 1 is 1.33 bits per heavy atom. The molecule has 0 fully saturated rings. The van der Waals surface area contributed by atoms with E-state index in [9.17, 15) is 14.5 Å². The van der Waals surface area contributed by atoms with Crippen LogP contribution in [-0.4, -0.2) is 4.92 Å². The maximum Gasteiger partial charge on any atom is 0.289 e. The Labute approximate surface area is 76.9 Å². The van der Waals surface area contributed by atoms with E-state index in [1.165, 1.54) is 0 Å². The third-order valence-corrected chi connectivity index (χ3v) is 1.78. The predicted octanol–water partition coefficient (Wildman–Crippen LogP) is 3.04. The lowest BCUT2D eigenvalue weighted by Crippen LogP contribution is -1.90. The van der Waals surface area contributed by atoms with Gasteiger partial charge in [0.15, 0.2) is 0 Å². The van der Waals surface area contributed by atoms with Crippen LogP contribution in [0, 0.1) is 15.9 Å². The average molecular weight is 210 g/mol. The molecule has 0 spiro atoms. The molecule has 12 heavy (non-hydrogen) atoms. The van der Waals surface area contributed by atoms with Crippen LogP contribution in [0.3, 0.4) is 0 Å². The zero-order valence-electron chi connectivity index (χ0n) is 5.55. The van der Waals surface area contributed by atoms with Gasteiger partial charge in [0, 0.05) is 12.1 Å². The van der Waals surface area contributed by atoms with E-state index in [1.54, 1.807) is 0 Å². The van der Waals surface area contributed by atoms with Crippen molar-refractivity contribution in [3.05, 3.63) is 38.1 Å². The van der Waals surface area contributed by atoms with Crippen molar-refractivity contribution in [3.63, 3.8) is 0 Å². The highest BCUT2D eigenvalue weighted by molar-refractivity contribution is 6.34. The van der Waals surface area contributed by atoms with Gasteiger partial charge in [0.2, 0.25) is 0 Å². The van der Waals surface area contributed by atoms with Gasteiger partial charge in [-0.2, -0.15) is 0 Å². The number of hydrogen-bond donors (Lipinski definition) is 0. The summed E-state index contributed by atoms with van der Waals surface area (Å²) < 4.78 is 12.6. The summed E-state index contributed by atoms with van der Waals surface area (Å²) in [5.41, 5.74) is -0.400. The normalized spacial score (nSPS) is 9.92. The van der Waals surface area contributed by atoms with Crippen molar-refractivity contribution < 1.29 is 9.31 Å². The molecule has 0 radical (unpaired) electrons. The lowest BCUT2D eigenvalue weighted by atomic mass is 10.3. The molecule has 0 bridgehead atoms. The quantitative estimate of drug-likeness (QED) is 0.406. The standard InChI is InChI=1S/C6H2Cl2FNO2/c7-3-2-6(10(11)12)4(8)1-5(3)9/h1-2H. The van der Waals surface area contributed by atoms with Gasteiger partial charge in [-0.15, -0.1) is 0 Å². The van der Waals surface area contributed by atoms with Crippen molar-refractivity contribution in [3.8, 4) is 0 Å². The van der Waals surface area contributed by atoms with Crippen LogP contribution in [0.1, 0.15) is 0 Å². The topological polar surface area (TPSA) is 43.1 Å². The predicted molar refractivity (Wildman–Crippen MR) is 43.1 cm³/mol. The molecule has 1 aromatic carbocycles. The summed E-state index contributed by atoms with van der Waals surface area (Å²) in [6, 6.07) is 1.68. The van der Waals surface area contributed by atoms with Gasteiger partial charge < -0.3 is 0 Å². The number of halogens is 3. The highest BCUT2D eigenvalue weighted by atomic mass is 35.5. The van der Waals surface area contributed by atoms with Crippen LogP contribution in [-0.2, 0) is 0 Å². The molecule has 0 saturated heterocycles. The van der Waals surface area contributed by atoms with Gasteiger partial charge in [0.1, 0.15) is 10.8 Å². The Balaban J connectivity index is 3.33. The molecule has 3 nitrogen and oxygen atoms in total. The zero-order chi connectivity index (χ0) is 9.30. The molecule has 0 saturated carbocycles. The second kappa shape index (κ2) is 3.25. The highest BCUT2D eigenvalue weighted by Gasteiger charge is 2.15. The van der Waals surface area contributed by atoms with Crippen molar-refractivity contribution >= 4 is 28.9 Å². The number of benzene rings is 1. The van der Waals surface area contributed by atoms with Gasteiger partial charge in [-0.25, -0.2) is 4.39 Å². The van der Waals surface area contributed by atoms with Crippen molar-refractivity contribution in [1.29, 1.82) is 0 Å². The minimum absolute atomic E-state index is 0.262.